The van der Waals surface area contributed by atoms with Gasteiger partial charge in [0.1, 0.15) is 0 Å². The van der Waals surface area contributed by atoms with Crippen molar-refractivity contribution in [2.75, 3.05) is 5.32 Å². The molecule has 28 heavy (non-hydrogen) atoms. The summed E-state index contributed by atoms with van der Waals surface area (Å²) < 4.78 is 16.4. The van der Waals surface area contributed by atoms with Gasteiger partial charge in [0.25, 0.3) is 0 Å². The molecule has 2 N–H and O–H groups in total. The lowest BCUT2D eigenvalue weighted by atomic mass is 10.0. The summed E-state index contributed by atoms with van der Waals surface area (Å²) in [6.45, 7) is 5.25. The number of rotatable bonds is 4. The van der Waals surface area contributed by atoms with Crippen molar-refractivity contribution in [3.8, 4) is 0 Å². The highest BCUT2D eigenvalue weighted by Gasteiger charge is 2.32. The summed E-state index contributed by atoms with van der Waals surface area (Å²) in [5, 5.41) is 12.9. The van der Waals surface area contributed by atoms with E-state index in [2.05, 4.69) is 14.7 Å². The van der Waals surface area contributed by atoms with Gasteiger partial charge in [-0.15, -0.1) is 21.9 Å². The molecule has 0 spiro atoms. The second-order valence-electron chi connectivity index (χ2n) is 7.86. The molecule has 0 bridgehead atoms. The van der Waals surface area contributed by atoms with Crippen LogP contribution in [0.15, 0.2) is 14.9 Å². The van der Waals surface area contributed by atoms with Crippen molar-refractivity contribution >= 4 is 33.7 Å². The highest BCUT2D eigenvalue weighted by molar-refractivity contribution is 7.77. The minimum Gasteiger partial charge on any atom is -0.437 e. The topological polar surface area (TPSA) is 105 Å². The van der Waals surface area contributed by atoms with Gasteiger partial charge in [0.2, 0.25) is 0 Å². The van der Waals surface area contributed by atoms with E-state index in [1.807, 2.05) is 6.92 Å². The number of anilines is 1. The molecule has 2 aromatic rings. The molecule has 2 aromatic heterocycles. The molecule has 0 unspecified atom stereocenters. The van der Waals surface area contributed by atoms with Crippen molar-refractivity contribution in [1.29, 1.82) is 0 Å². The summed E-state index contributed by atoms with van der Waals surface area (Å²) in [6.07, 6.45) is 6.52. The van der Waals surface area contributed by atoms with Crippen LogP contribution >= 0.6 is 11.3 Å². The summed E-state index contributed by atoms with van der Waals surface area (Å²) in [5.41, 5.74) is 3.97. The van der Waals surface area contributed by atoms with Gasteiger partial charge in [-0.1, -0.05) is 0 Å². The maximum atomic E-state index is 12.5. The third-order valence-electron chi connectivity index (χ3n) is 5.07. The highest BCUT2D eigenvalue weighted by Crippen LogP contribution is 2.47. The maximum Gasteiger partial charge on any atom is 0.322 e. The normalized spacial score (nSPS) is 17.6. The van der Waals surface area contributed by atoms with E-state index in [1.54, 1.807) is 13.8 Å². The number of aryl methyl sites for hydroxylation is 2. The third kappa shape index (κ3) is 3.83. The zero-order valence-corrected chi connectivity index (χ0v) is 17.7. The predicted octanol–water partition coefficient (Wildman–Crippen LogP) is 4.18. The lowest BCUT2D eigenvalue weighted by Gasteiger charge is -2.17. The Balaban J connectivity index is 1.62. The van der Waals surface area contributed by atoms with Gasteiger partial charge in [0.05, 0.1) is 16.2 Å². The van der Waals surface area contributed by atoms with Crippen molar-refractivity contribution in [2.45, 2.75) is 68.7 Å². The van der Waals surface area contributed by atoms with E-state index in [0.717, 1.165) is 71.6 Å². The first kappa shape index (κ1) is 19.5. The number of aromatic nitrogens is 2. The molecule has 0 saturated heterocycles. The smallest absolute Gasteiger partial charge is 0.322 e. The molecular formula is C19H23N4O3S2-. The predicted molar refractivity (Wildman–Crippen MR) is 108 cm³/mol. The summed E-state index contributed by atoms with van der Waals surface area (Å²) >= 11 is 1.09. The van der Waals surface area contributed by atoms with Crippen molar-refractivity contribution in [1.82, 2.24) is 9.97 Å². The van der Waals surface area contributed by atoms with Crippen LogP contribution in [0.2, 0.25) is 0 Å². The van der Waals surface area contributed by atoms with Crippen LogP contribution in [0.3, 0.4) is 0 Å². The Kier molecular flexibility index (Phi) is 5.01. The summed E-state index contributed by atoms with van der Waals surface area (Å²) in [5.74, 6) is 0.438. The van der Waals surface area contributed by atoms with Gasteiger partial charge in [0, 0.05) is 27.5 Å². The van der Waals surface area contributed by atoms with E-state index < -0.39 is 22.2 Å². The molecule has 2 aliphatic rings. The SMILES string of the molecule is Cc1nc2c(c(NC(=O)N=[S-](=O)c3ncc(C(C)(C)O)s3)c1C1CC1)CCC2. The van der Waals surface area contributed by atoms with E-state index in [-0.39, 0.29) is 4.34 Å². The van der Waals surface area contributed by atoms with Gasteiger partial charge < -0.3 is 19.0 Å². The first-order chi connectivity index (χ1) is 13.2. The summed E-state index contributed by atoms with van der Waals surface area (Å²) in [4.78, 5) is 21.9. The Morgan fingerprint density at radius 1 is 1.39 bits per heavy atom. The van der Waals surface area contributed by atoms with Gasteiger partial charge >= 0.3 is 6.03 Å². The highest BCUT2D eigenvalue weighted by atomic mass is 32.2. The molecule has 9 heteroatoms. The molecule has 0 radical (unpaired) electrons. The Bertz CT molecular complexity index is 1030. The zero-order valence-electron chi connectivity index (χ0n) is 16.1. The molecule has 0 aromatic carbocycles. The van der Waals surface area contributed by atoms with Crippen LogP contribution in [-0.4, -0.2) is 21.1 Å². The lowest BCUT2D eigenvalue weighted by molar-refractivity contribution is 0.0823. The molecule has 2 aliphatic carbocycles. The number of carbonyl (C=O) groups excluding carboxylic acids is 1. The number of aliphatic hydroxyl groups is 1. The Morgan fingerprint density at radius 2 is 2.14 bits per heavy atom. The number of pyridine rings is 1. The van der Waals surface area contributed by atoms with Crippen molar-refractivity contribution in [3.05, 3.63) is 33.6 Å². The van der Waals surface area contributed by atoms with E-state index in [9.17, 15) is 14.1 Å². The zero-order chi connectivity index (χ0) is 20.1. The van der Waals surface area contributed by atoms with Gasteiger partial charge in [-0.3, -0.25) is 9.97 Å². The number of amides is 2. The molecule has 2 heterocycles. The lowest BCUT2D eigenvalue weighted by Crippen LogP contribution is -2.13. The van der Waals surface area contributed by atoms with E-state index in [0.29, 0.717) is 10.8 Å². The first-order valence-electron chi connectivity index (χ1n) is 9.39. The first-order valence-corrected chi connectivity index (χ1v) is 11.3. The van der Waals surface area contributed by atoms with Gasteiger partial charge in [0.15, 0.2) is 0 Å². The number of hydrogen-bond acceptors (Lipinski definition) is 7. The van der Waals surface area contributed by atoms with Crippen LogP contribution in [0.4, 0.5) is 10.5 Å². The van der Waals surface area contributed by atoms with E-state index >= 15 is 0 Å². The summed E-state index contributed by atoms with van der Waals surface area (Å²) in [6, 6.07) is -0.639. The Morgan fingerprint density at radius 3 is 2.79 bits per heavy atom. The monoisotopic (exact) mass is 419 g/mol. The molecule has 0 atom stereocenters. The Labute approximate surface area is 169 Å². The molecule has 4 rings (SSSR count). The van der Waals surface area contributed by atoms with E-state index in [4.69, 9.17) is 4.98 Å². The second kappa shape index (κ2) is 7.20. The van der Waals surface area contributed by atoms with Gasteiger partial charge in [-0.05, 0) is 64.4 Å². The minimum atomic E-state index is -1.91. The summed E-state index contributed by atoms with van der Waals surface area (Å²) in [7, 11) is -1.91. The molecule has 7 nitrogen and oxygen atoms in total. The maximum absolute atomic E-state index is 12.5. The number of urea groups is 1. The molecule has 1 saturated carbocycles. The van der Waals surface area contributed by atoms with Crippen LogP contribution in [-0.2, 0) is 33.2 Å². The second-order valence-corrected chi connectivity index (χ2v) is 10.2. The average Bonchev–Trinajstić information content (AvgIpc) is 3.11. The number of thiazole rings is 1. The van der Waals surface area contributed by atoms with Crippen molar-refractivity contribution in [3.63, 3.8) is 0 Å². The van der Waals surface area contributed by atoms with E-state index in [1.165, 1.54) is 6.20 Å². The molecule has 2 amide bonds. The molecule has 150 valence electrons. The number of nitrogens with one attached hydrogen (secondary N) is 1. The minimum absolute atomic E-state index is 0.200. The van der Waals surface area contributed by atoms with Crippen LogP contribution in [0.5, 0.6) is 0 Å². The molecule has 1 fully saturated rings. The molecule has 0 aliphatic heterocycles. The van der Waals surface area contributed by atoms with Crippen molar-refractivity contribution in [2.24, 2.45) is 4.36 Å². The van der Waals surface area contributed by atoms with Gasteiger partial charge in [-0.25, -0.2) is 4.79 Å². The standard InChI is InChI=1S/C19H23N4O3S2/c1-10-15(11-7-8-11)16(12-5-4-6-13(12)21-10)22-17(24)23-28(26)18-20-9-14(27-18)19(2,3)25/h9,11,25H,4-8H2,1-3H3,(H,21,22,24)/q-1. The third-order valence-corrected chi connectivity index (χ3v) is 7.59. The van der Waals surface area contributed by atoms with Crippen molar-refractivity contribution < 1.29 is 14.1 Å². The number of fused-ring (bicyclic) bond motifs is 1. The average molecular weight is 420 g/mol. The van der Waals surface area contributed by atoms with Gasteiger partial charge in [-0.2, -0.15) is 0 Å². The van der Waals surface area contributed by atoms with Crippen LogP contribution < -0.4 is 5.32 Å². The van der Waals surface area contributed by atoms with Crippen LogP contribution in [0.25, 0.3) is 0 Å². The quantitative estimate of drug-likeness (QED) is 0.724. The fraction of sp³-hybridized carbons (Fsp3) is 0.526. The fourth-order valence-electron chi connectivity index (χ4n) is 3.61. The number of nitrogens with zero attached hydrogens (tertiary/aromatic N) is 3. The Hall–Kier alpha value is -1.84. The molecular weight excluding hydrogens is 396 g/mol. The fourth-order valence-corrected chi connectivity index (χ4v) is 5.34. The number of hydrogen-bond donors (Lipinski definition) is 2. The number of carbonyl (C=O) groups is 1. The van der Waals surface area contributed by atoms with Crippen LogP contribution in [0.1, 0.15) is 66.4 Å². The van der Waals surface area contributed by atoms with Crippen LogP contribution in [0, 0.1) is 6.92 Å². The largest absolute Gasteiger partial charge is 0.437 e.